The van der Waals surface area contributed by atoms with E-state index in [1.54, 1.807) is 0 Å². The van der Waals surface area contributed by atoms with Crippen molar-refractivity contribution in [3.05, 3.63) is 85.1 Å². The molecular formula is C58H99NO8. The molecule has 0 aliphatic rings. The second-order valence-electron chi connectivity index (χ2n) is 18.8. The zero-order chi connectivity index (χ0) is 49.2. The van der Waals surface area contributed by atoms with Gasteiger partial charge in [0.15, 0.2) is 12.4 Å². The van der Waals surface area contributed by atoms with E-state index in [0.717, 1.165) is 89.9 Å². The summed E-state index contributed by atoms with van der Waals surface area (Å²) in [6, 6.07) is 0. The highest BCUT2D eigenvalue weighted by Gasteiger charge is 2.22. The standard InChI is InChI=1S/C58H99NO8/c1-6-8-10-12-14-16-18-19-20-21-22-23-24-25-26-27-28-29-30-31-32-33-34-35-36-37-39-41-43-45-47-49-56(61)67-54(53-66-58(57(62)63)64-51-50-59(3,4)5)52-65-55(60)48-46-44-42-40-38-17-15-13-11-9-7-2/h8,10,14,16,19-20,22-23,25-26,28-29,31-32,54,58H,6-7,9,11-13,15,17-18,21,24,27,30,33-53H2,1-5H3/b10-8-,16-14-,20-19-,23-22-,26-25-,29-28-,32-31-. The second-order valence-corrected chi connectivity index (χ2v) is 18.8. The minimum atomic E-state index is -1.62. The SMILES string of the molecule is CC/C=C\C/C=C\C/C=C\C/C=C\C/C=C\C/C=C\C/C=C\CCCCCCCCCCCC(=O)OC(COC(=O)CCCCCCCCCCCCC)COC(OCC[N+](C)(C)C)C(=O)[O-]. The molecule has 67 heavy (non-hydrogen) atoms. The Hall–Kier alpha value is -3.53. The number of hydrogen-bond acceptors (Lipinski definition) is 8. The first-order valence-corrected chi connectivity index (χ1v) is 26.7. The summed E-state index contributed by atoms with van der Waals surface area (Å²) in [5, 5.41) is 11.7. The molecule has 0 radical (unpaired) electrons. The number of hydrogen-bond donors (Lipinski definition) is 0. The first-order chi connectivity index (χ1) is 32.6. The van der Waals surface area contributed by atoms with Crippen molar-refractivity contribution in [2.24, 2.45) is 0 Å². The van der Waals surface area contributed by atoms with E-state index in [2.05, 4.69) is 98.9 Å². The highest BCUT2D eigenvalue weighted by Crippen LogP contribution is 2.15. The van der Waals surface area contributed by atoms with Crippen LogP contribution in [0.1, 0.15) is 206 Å². The Bertz CT molecular complexity index is 1370. The molecular weight excluding hydrogens is 839 g/mol. The Kier molecular flexibility index (Phi) is 46.3. The number of ether oxygens (including phenoxy) is 4. The number of carboxylic acid groups (broad SMARTS) is 1. The summed E-state index contributed by atoms with van der Waals surface area (Å²) in [5.74, 6) is -2.30. The van der Waals surface area contributed by atoms with Crippen molar-refractivity contribution in [1.82, 2.24) is 0 Å². The molecule has 0 aliphatic carbocycles. The fraction of sp³-hybridized carbons (Fsp3) is 0.707. The van der Waals surface area contributed by atoms with Gasteiger partial charge < -0.3 is 33.3 Å². The van der Waals surface area contributed by atoms with Crippen LogP contribution in [0.2, 0.25) is 0 Å². The van der Waals surface area contributed by atoms with Gasteiger partial charge in [-0.3, -0.25) is 9.59 Å². The average molecular weight is 938 g/mol. The number of quaternary nitrogens is 1. The third-order valence-corrected chi connectivity index (χ3v) is 11.2. The minimum absolute atomic E-state index is 0.144. The lowest BCUT2D eigenvalue weighted by atomic mass is 10.1. The van der Waals surface area contributed by atoms with Crippen LogP contribution in [0.25, 0.3) is 0 Å². The van der Waals surface area contributed by atoms with Crippen LogP contribution in [0.4, 0.5) is 0 Å². The molecule has 0 heterocycles. The summed E-state index contributed by atoms with van der Waals surface area (Å²) >= 11 is 0. The third-order valence-electron chi connectivity index (χ3n) is 11.2. The van der Waals surface area contributed by atoms with E-state index in [1.807, 2.05) is 21.1 Å². The fourth-order valence-corrected chi connectivity index (χ4v) is 7.04. The molecule has 384 valence electrons. The first kappa shape index (κ1) is 63.5. The number of allylic oxidation sites excluding steroid dienone is 14. The molecule has 0 bridgehead atoms. The van der Waals surface area contributed by atoms with Gasteiger partial charge in [0.1, 0.15) is 13.2 Å². The monoisotopic (exact) mass is 938 g/mol. The highest BCUT2D eigenvalue weighted by molar-refractivity contribution is 5.70. The van der Waals surface area contributed by atoms with Gasteiger partial charge in [-0.1, -0.05) is 208 Å². The Morgan fingerprint density at radius 1 is 0.463 bits per heavy atom. The van der Waals surface area contributed by atoms with Gasteiger partial charge in [-0.15, -0.1) is 0 Å². The predicted molar refractivity (Wildman–Crippen MR) is 278 cm³/mol. The molecule has 0 spiro atoms. The van der Waals surface area contributed by atoms with Crippen LogP contribution in [0, 0.1) is 0 Å². The van der Waals surface area contributed by atoms with Crippen molar-refractivity contribution in [3.63, 3.8) is 0 Å². The lowest BCUT2D eigenvalue weighted by molar-refractivity contribution is -0.870. The van der Waals surface area contributed by atoms with E-state index in [1.165, 1.54) is 83.5 Å². The number of nitrogens with zero attached hydrogens (tertiary/aromatic N) is 1. The molecule has 0 N–H and O–H groups in total. The van der Waals surface area contributed by atoms with Gasteiger partial charge in [0.2, 0.25) is 0 Å². The van der Waals surface area contributed by atoms with Crippen LogP contribution in [0.15, 0.2) is 85.1 Å². The quantitative estimate of drug-likeness (QED) is 0.0195. The third kappa shape index (κ3) is 50.2. The lowest BCUT2D eigenvalue weighted by Crippen LogP contribution is -2.44. The first-order valence-electron chi connectivity index (χ1n) is 26.7. The second kappa shape index (κ2) is 48.9. The summed E-state index contributed by atoms with van der Waals surface area (Å²) in [6.07, 6.45) is 60.6. The molecule has 2 atom stereocenters. The van der Waals surface area contributed by atoms with Crippen LogP contribution in [-0.2, 0) is 33.3 Å². The van der Waals surface area contributed by atoms with Gasteiger partial charge in [-0.2, -0.15) is 0 Å². The van der Waals surface area contributed by atoms with Crippen LogP contribution in [-0.4, -0.2) is 82.3 Å². The molecule has 0 aromatic carbocycles. The lowest BCUT2D eigenvalue weighted by Gasteiger charge is -2.26. The van der Waals surface area contributed by atoms with E-state index in [0.29, 0.717) is 17.4 Å². The topological polar surface area (TPSA) is 111 Å². The Morgan fingerprint density at radius 3 is 1.27 bits per heavy atom. The molecule has 0 aromatic rings. The molecule has 0 rings (SSSR count). The molecule has 0 fully saturated rings. The highest BCUT2D eigenvalue weighted by atomic mass is 16.7. The van der Waals surface area contributed by atoms with E-state index < -0.39 is 24.3 Å². The predicted octanol–water partition coefficient (Wildman–Crippen LogP) is 13.9. The molecule has 2 unspecified atom stereocenters. The van der Waals surface area contributed by atoms with Gasteiger partial charge in [-0.25, -0.2) is 0 Å². The van der Waals surface area contributed by atoms with Gasteiger partial charge in [0.05, 0.1) is 40.3 Å². The number of esters is 2. The maximum absolute atomic E-state index is 12.8. The maximum atomic E-state index is 12.8. The number of likely N-dealkylation sites (N-methyl/N-ethyl adjacent to an activating group) is 1. The van der Waals surface area contributed by atoms with Crippen molar-refractivity contribution in [1.29, 1.82) is 0 Å². The minimum Gasteiger partial charge on any atom is -0.545 e. The largest absolute Gasteiger partial charge is 0.545 e. The molecule has 0 saturated carbocycles. The summed E-state index contributed by atoms with van der Waals surface area (Å²) in [7, 11) is 5.91. The summed E-state index contributed by atoms with van der Waals surface area (Å²) in [4.78, 5) is 37.1. The summed E-state index contributed by atoms with van der Waals surface area (Å²) in [5.41, 5.74) is 0. The fourth-order valence-electron chi connectivity index (χ4n) is 7.04. The van der Waals surface area contributed by atoms with Crippen molar-refractivity contribution in [3.8, 4) is 0 Å². The normalized spacial score (nSPS) is 13.5. The number of aliphatic carboxylic acids is 1. The average Bonchev–Trinajstić information content (AvgIpc) is 3.29. The zero-order valence-corrected chi connectivity index (χ0v) is 43.5. The van der Waals surface area contributed by atoms with E-state index in [4.69, 9.17) is 18.9 Å². The molecule has 9 heteroatoms. The van der Waals surface area contributed by atoms with Crippen LogP contribution < -0.4 is 5.11 Å². The molecule has 0 saturated heterocycles. The summed E-state index contributed by atoms with van der Waals surface area (Å²) < 4.78 is 22.6. The van der Waals surface area contributed by atoms with Crippen LogP contribution >= 0.6 is 0 Å². The van der Waals surface area contributed by atoms with Crippen molar-refractivity contribution in [2.45, 2.75) is 219 Å². The Balaban J connectivity index is 4.22. The van der Waals surface area contributed by atoms with Crippen LogP contribution in [0.3, 0.4) is 0 Å². The number of carboxylic acids is 1. The van der Waals surface area contributed by atoms with Crippen molar-refractivity contribution < 1.29 is 42.9 Å². The Labute approximate surface area is 410 Å². The summed E-state index contributed by atoms with van der Waals surface area (Å²) in [6.45, 7) is 4.60. The number of unbranched alkanes of at least 4 members (excludes halogenated alkanes) is 19. The number of carbonyl (C=O) groups excluding carboxylic acids is 3. The van der Waals surface area contributed by atoms with E-state index >= 15 is 0 Å². The van der Waals surface area contributed by atoms with Crippen molar-refractivity contribution >= 4 is 17.9 Å². The van der Waals surface area contributed by atoms with Crippen molar-refractivity contribution in [2.75, 3.05) is 47.5 Å². The maximum Gasteiger partial charge on any atom is 0.306 e. The van der Waals surface area contributed by atoms with E-state index in [-0.39, 0.29) is 38.6 Å². The Morgan fingerprint density at radius 2 is 0.851 bits per heavy atom. The van der Waals surface area contributed by atoms with Gasteiger partial charge >= 0.3 is 11.9 Å². The van der Waals surface area contributed by atoms with Gasteiger partial charge in [-0.05, 0) is 70.6 Å². The zero-order valence-electron chi connectivity index (χ0n) is 43.5. The molecule has 0 aromatic heterocycles. The number of carbonyl (C=O) groups is 3. The molecule has 0 aliphatic heterocycles. The molecule has 0 amide bonds. The van der Waals surface area contributed by atoms with Gasteiger partial charge in [0, 0.05) is 12.8 Å². The van der Waals surface area contributed by atoms with Crippen LogP contribution in [0.5, 0.6) is 0 Å². The number of rotatable bonds is 48. The van der Waals surface area contributed by atoms with E-state index in [9.17, 15) is 19.5 Å². The molecule has 9 nitrogen and oxygen atoms in total. The smallest absolute Gasteiger partial charge is 0.306 e. The van der Waals surface area contributed by atoms with Gasteiger partial charge in [0.25, 0.3) is 0 Å².